The molecule has 0 bridgehead atoms. The number of hydrogen-bond acceptors (Lipinski definition) is 3. The van der Waals surface area contributed by atoms with Crippen LogP contribution in [0.25, 0.3) is 0 Å². The summed E-state index contributed by atoms with van der Waals surface area (Å²) in [4.78, 5) is 16.3. The van der Waals surface area contributed by atoms with E-state index in [0.717, 1.165) is 15.5 Å². The van der Waals surface area contributed by atoms with Gasteiger partial charge in [-0.3, -0.25) is 4.79 Å². The summed E-state index contributed by atoms with van der Waals surface area (Å²) in [5, 5.41) is 3.91. The van der Waals surface area contributed by atoms with E-state index in [1.807, 2.05) is 24.3 Å². The molecule has 0 aliphatic rings. The molecule has 2 rings (SSSR count). The van der Waals surface area contributed by atoms with E-state index in [9.17, 15) is 4.79 Å². The van der Waals surface area contributed by atoms with E-state index in [4.69, 9.17) is 23.2 Å². The Balaban J connectivity index is 2.07. The number of anilines is 1. The quantitative estimate of drug-likeness (QED) is 0.877. The second-order valence-electron chi connectivity index (χ2n) is 3.58. The van der Waals surface area contributed by atoms with Crippen molar-refractivity contribution in [3.8, 4) is 0 Å². The number of nitrogens with one attached hydrogen (secondary N) is 1. The average Bonchev–Trinajstić information content (AvgIpc) is 2.79. The molecule has 0 aliphatic carbocycles. The zero-order valence-corrected chi connectivity index (χ0v) is 11.6. The van der Waals surface area contributed by atoms with Gasteiger partial charge in [-0.05, 0) is 11.6 Å². The molecule has 94 valence electrons. The molecule has 0 aliphatic heterocycles. The Morgan fingerprint density at radius 2 is 2.17 bits per heavy atom. The highest BCUT2D eigenvalue weighted by Gasteiger charge is 2.07. The number of rotatable bonds is 4. The Morgan fingerprint density at radius 1 is 1.39 bits per heavy atom. The monoisotopic (exact) mass is 300 g/mol. The first-order chi connectivity index (χ1) is 8.69. The highest BCUT2D eigenvalue weighted by molar-refractivity contribution is 7.15. The molecule has 1 aromatic heterocycles. The fourth-order valence-electron chi connectivity index (χ4n) is 1.43. The summed E-state index contributed by atoms with van der Waals surface area (Å²) in [6.45, 7) is 0. The molecule has 1 aromatic carbocycles. The van der Waals surface area contributed by atoms with Crippen LogP contribution in [0.1, 0.15) is 10.4 Å². The van der Waals surface area contributed by atoms with Gasteiger partial charge in [-0.1, -0.05) is 29.8 Å². The molecule has 0 saturated heterocycles. The number of amides is 1. The minimum absolute atomic E-state index is 0.0700. The molecule has 0 saturated carbocycles. The Labute approximate surface area is 119 Å². The third kappa shape index (κ3) is 3.45. The first-order valence-electron chi connectivity index (χ1n) is 5.23. The lowest BCUT2D eigenvalue weighted by molar-refractivity contribution is -0.113. The standard InChI is InChI=1S/C12H10Cl2N2OS/c13-6-11(17)16-12-15-7-9(18-12)5-8-3-1-2-4-10(8)14/h1-4,7H,5-6H2,(H,15,16,17). The van der Waals surface area contributed by atoms with Crippen molar-refractivity contribution < 1.29 is 4.79 Å². The van der Waals surface area contributed by atoms with Crippen LogP contribution in [-0.4, -0.2) is 16.8 Å². The van der Waals surface area contributed by atoms with Gasteiger partial charge in [-0.25, -0.2) is 4.98 Å². The average molecular weight is 301 g/mol. The largest absolute Gasteiger partial charge is 0.301 e. The molecule has 0 unspecified atom stereocenters. The Hall–Kier alpha value is -1.10. The van der Waals surface area contributed by atoms with Crippen LogP contribution in [0.5, 0.6) is 0 Å². The van der Waals surface area contributed by atoms with Crippen LogP contribution in [0.2, 0.25) is 5.02 Å². The van der Waals surface area contributed by atoms with Crippen LogP contribution < -0.4 is 5.32 Å². The second kappa shape index (κ2) is 6.18. The lowest BCUT2D eigenvalue weighted by atomic mass is 10.1. The summed E-state index contributed by atoms with van der Waals surface area (Å²) in [6.07, 6.45) is 2.44. The predicted octanol–water partition coefficient (Wildman–Crippen LogP) is 3.56. The lowest BCUT2D eigenvalue weighted by Crippen LogP contribution is -2.11. The number of halogens is 2. The molecule has 1 heterocycles. The van der Waals surface area contributed by atoms with E-state index < -0.39 is 0 Å². The van der Waals surface area contributed by atoms with Gasteiger partial charge in [-0.2, -0.15) is 0 Å². The molecular weight excluding hydrogens is 291 g/mol. The van der Waals surface area contributed by atoms with Crippen molar-refractivity contribution in [2.45, 2.75) is 6.42 Å². The van der Waals surface area contributed by atoms with Gasteiger partial charge in [0.25, 0.3) is 0 Å². The maximum absolute atomic E-state index is 11.1. The topological polar surface area (TPSA) is 42.0 Å². The molecule has 0 spiro atoms. The summed E-state index contributed by atoms with van der Waals surface area (Å²) in [6, 6.07) is 7.66. The van der Waals surface area contributed by atoms with Crippen molar-refractivity contribution in [2.75, 3.05) is 11.2 Å². The lowest BCUT2D eigenvalue weighted by Gasteiger charge is -2.00. The maximum atomic E-state index is 11.1. The van der Waals surface area contributed by atoms with E-state index in [1.165, 1.54) is 11.3 Å². The van der Waals surface area contributed by atoms with Crippen molar-refractivity contribution in [2.24, 2.45) is 0 Å². The molecule has 0 fully saturated rings. The first kappa shape index (κ1) is 13.3. The van der Waals surface area contributed by atoms with Gasteiger partial charge < -0.3 is 5.32 Å². The number of nitrogens with zero attached hydrogens (tertiary/aromatic N) is 1. The van der Waals surface area contributed by atoms with Crippen LogP contribution in [0, 0.1) is 0 Å². The maximum Gasteiger partial charge on any atom is 0.241 e. The number of carbonyl (C=O) groups excluding carboxylic acids is 1. The zero-order chi connectivity index (χ0) is 13.0. The Morgan fingerprint density at radius 3 is 2.89 bits per heavy atom. The smallest absolute Gasteiger partial charge is 0.241 e. The van der Waals surface area contributed by atoms with Crippen molar-refractivity contribution in [3.63, 3.8) is 0 Å². The van der Waals surface area contributed by atoms with Gasteiger partial charge in [0.15, 0.2) is 5.13 Å². The van der Waals surface area contributed by atoms with E-state index in [2.05, 4.69) is 10.3 Å². The minimum Gasteiger partial charge on any atom is -0.301 e. The highest BCUT2D eigenvalue weighted by atomic mass is 35.5. The SMILES string of the molecule is O=C(CCl)Nc1ncc(Cc2ccccc2Cl)s1. The molecule has 2 aromatic rings. The van der Waals surface area contributed by atoms with Gasteiger partial charge in [0.2, 0.25) is 5.91 Å². The Bertz CT molecular complexity index is 557. The van der Waals surface area contributed by atoms with Crippen LogP contribution >= 0.6 is 34.5 Å². The number of thiazole rings is 1. The van der Waals surface area contributed by atoms with Gasteiger partial charge in [-0.15, -0.1) is 22.9 Å². The number of aromatic nitrogens is 1. The molecule has 0 radical (unpaired) electrons. The van der Waals surface area contributed by atoms with Gasteiger partial charge >= 0.3 is 0 Å². The summed E-state index contributed by atoms with van der Waals surface area (Å²) in [5.74, 6) is -0.324. The zero-order valence-electron chi connectivity index (χ0n) is 9.32. The van der Waals surface area contributed by atoms with E-state index >= 15 is 0 Å². The highest BCUT2D eigenvalue weighted by Crippen LogP contribution is 2.24. The second-order valence-corrected chi connectivity index (χ2v) is 5.37. The third-order valence-corrected chi connectivity index (χ3v) is 3.77. The van der Waals surface area contributed by atoms with Crippen LogP contribution in [-0.2, 0) is 11.2 Å². The summed E-state index contributed by atoms with van der Waals surface area (Å²) < 4.78 is 0. The van der Waals surface area contributed by atoms with Gasteiger partial charge in [0.05, 0.1) is 0 Å². The minimum atomic E-state index is -0.254. The molecule has 1 N–H and O–H groups in total. The van der Waals surface area contributed by atoms with E-state index in [-0.39, 0.29) is 11.8 Å². The number of hydrogen-bond donors (Lipinski definition) is 1. The predicted molar refractivity (Wildman–Crippen MR) is 75.7 cm³/mol. The molecular formula is C12H10Cl2N2OS. The van der Waals surface area contributed by atoms with Gasteiger partial charge in [0, 0.05) is 22.5 Å². The van der Waals surface area contributed by atoms with Crippen LogP contribution in [0.4, 0.5) is 5.13 Å². The van der Waals surface area contributed by atoms with E-state index in [1.54, 1.807) is 6.20 Å². The summed E-state index contributed by atoms with van der Waals surface area (Å²) in [7, 11) is 0. The molecule has 3 nitrogen and oxygen atoms in total. The molecule has 0 atom stereocenters. The van der Waals surface area contributed by atoms with Gasteiger partial charge in [0.1, 0.15) is 5.88 Å². The Kier molecular flexibility index (Phi) is 4.58. The number of carbonyl (C=O) groups is 1. The fraction of sp³-hybridized carbons (Fsp3) is 0.167. The number of alkyl halides is 1. The van der Waals surface area contributed by atoms with Crippen molar-refractivity contribution in [1.29, 1.82) is 0 Å². The van der Waals surface area contributed by atoms with Crippen LogP contribution in [0.3, 0.4) is 0 Å². The summed E-state index contributed by atoms with van der Waals surface area (Å²) >= 11 is 12.9. The number of benzene rings is 1. The normalized spacial score (nSPS) is 10.3. The summed E-state index contributed by atoms with van der Waals surface area (Å²) in [5.41, 5.74) is 1.04. The van der Waals surface area contributed by atoms with Crippen LogP contribution in [0.15, 0.2) is 30.5 Å². The molecule has 1 amide bonds. The third-order valence-electron chi connectivity index (χ3n) is 2.24. The van der Waals surface area contributed by atoms with E-state index in [0.29, 0.717) is 11.6 Å². The molecule has 18 heavy (non-hydrogen) atoms. The molecule has 6 heteroatoms. The van der Waals surface area contributed by atoms with Crippen molar-refractivity contribution in [3.05, 3.63) is 45.9 Å². The van der Waals surface area contributed by atoms with Crippen molar-refractivity contribution >= 4 is 45.6 Å². The first-order valence-corrected chi connectivity index (χ1v) is 6.96. The fourth-order valence-corrected chi connectivity index (χ4v) is 2.55. The van der Waals surface area contributed by atoms with Crippen molar-refractivity contribution in [1.82, 2.24) is 4.98 Å².